The number of aryl methyl sites for hydroxylation is 1. The molecular formula is C18H16N4O. The second-order valence-electron chi connectivity index (χ2n) is 5.24. The molecule has 1 heterocycles. The number of nitrogens with one attached hydrogen (secondary N) is 1. The van der Waals surface area contributed by atoms with Gasteiger partial charge < -0.3 is 9.88 Å². The fourth-order valence-corrected chi connectivity index (χ4v) is 2.56. The Bertz CT molecular complexity index is 888. The highest BCUT2D eigenvalue weighted by Crippen LogP contribution is 2.14. The molecule has 3 rings (SSSR count). The van der Waals surface area contributed by atoms with Crippen LogP contribution >= 0.6 is 0 Å². The van der Waals surface area contributed by atoms with Crippen molar-refractivity contribution in [2.45, 2.75) is 13.5 Å². The highest BCUT2D eigenvalue weighted by Gasteiger charge is 2.08. The topological polar surface area (TPSA) is 70.7 Å². The molecular weight excluding hydrogens is 288 g/mol. The quantitative estimate of drug-likeness (QED) is 0.805. The van der Waals surface area contributed by atoms with E-state index in [1.807, 2.05) is 37.3 Å². The molecule has 23 heavy (non-hydrogen) atoms. The Hall–Kier alpha value is -3.13. The molecule has 1 N–H and O–H groups in total. The van der Waals surface area contributed by atoms with Gasteiger partial charge in [-0.15, -0.1) is 0 Å². The van der Waals surface area contributed by atoms with Gasteiger partial charge >= 0.3 is 0 Å². The van der Waals surface area contributed by atoms with Gasteiger partial charge in [0.15, 0.2) is 0 Å². The van der Waals surface area contributed by atoms with Crippen molar-refractivity contribution in [2.75, 3.05) is 6.54 Å². The van der Waals surface area contributed by atoms with Crippen LogP contribution in [0.1, 0.15) is 21.7 Å². The van der Waals surface area contributed by atoms with E-state index >= 15 is 0 Å². The second kappa shape index (κ2) is 6.32. The Morgan fingerprint density at radius 1 is 1.22 bits per heavy atom. The molecule has 0 unspecified atom stereocenters. The lowest BCUT2D eigenvalue weighted by Gasteiger charge is -2.08. The van der Waals surface area contributed by atoms with Crippen LogP contribution in [0, 0.1) is 18.3 Å². The van der Waals surface area contributed by atoms with Gasteiger partial charge in [0.05, 0.1) is 22.7 Å². The van der Waals surface area contributed by atoms with Crippen LogP contribution < -0.4 is 5.32 Å². The summed E-state index contributed by atoms with van der Waals surface area (Å²) < 4.78 is 2.09. The highest BCUT2D eigenvalue weighted by molar-refractivity contribution is 5.94. The number of carbonyl (C=O) groups is 1. The smallest absolute Gasteiger partial charge is 0.251 e. The van der Waals surface area contributed by atoms with E-state index in [2.05, 4.69) is 14.9 Å². The zero-order chi connectivity index (χ0) is 16.2. The predicted molar refractivity (Wildman–Crippen MR) is 88.0 cm³/mol. The number of para-hydroxylation sites is 2. The minimum absolute atomic E-state index is 0.142. The SMILES string of the molecule is Cc1nc2ccccc2n1CCNC(=O)c1ccc(C#N)cc1. The van der Waals surface area contributed by atoms with E-state index in [4.69, 9.17) is 5.26 Å². The third-order valence-corrected chi connectivity index (χ3v) is 3.74. The van der Waals surface area contributed by atoms with Crippen molar-refractivity contribution in [1.29, 1.82) is 5.26 Å². The van der Waals surface area contributed by atoms with Gasteiger partial charge in [0.25, 0.3) is 5.91 Å². The minimum atomic E-state index is -0.142. The zero-order valence-corrected chi connectivity index (χ0v) is 12.8. The zero-order valence-electron chi connectivity index (χ0n) is 12.8. The van der Waals surface area contributed by atoms with Crippen molar-refractivity contribution in [3.05, 3.63) is 65.5 Å². The van der Waals surface area contributed by atoms with E-state index in [9.17, 15) is 4.79 Å². The van der Waals surface area contributed by atoms with E-state index in [1.165, 1.54) is 0 Å². The largest absolute Gasteiger partial charge is 0.350 e. The van der Waals surface area contributed by atoms with Gasteiger partial charge in [0.1, 0.15) is 5.82 Å². The Balaban J connectivity index is 1.65. The second-order valence-corrected chi connectivity index (χ2v) is 5.24. The molecule has 0 bridgehead atoms. The Morgan fingerprint density at radius 3 is 2.70 bits per heavy atom. The lowest BCUT2D eigenvalue weighted by molar-refractivity contribution is 0.0952. The maximum Gasteiger partial charge on any atom is 0.251 e. The minimum Gasteiger partial charge on any atom is -0.350 e. The molecule has 5 nitrogen and oxygen atoms in total. The lowest BCUT2D eigenvalue weighted by atomic mass is 10.1. The van der Waals surface area contributed by atoms with Gasteiger partial charge in [-0.05, 0) is 43.3 Å². The van der Waals surface area contributed by atoms with Crippen molar-refractivity contribution in [2.24, 2.45) is 0 Å². The number of fused-ring (bicyclic) bond motifs is 1. The average Bonchev–Trinajstić information content (AvgIpc) is 2.90. The molecule has 2 aromatic carbocycles. The molecule has 0 aliphatic heterocycles. The summed E-state index contributed by atoms with van der Waals surface area (Å²) in [7, 11) is 0. The first-order valence-corrected chi connectivity index (χ1v) is 7.39. The van der Waals surface area contributed by atoms with Crippen molar-refractivity contribution >= 4 is 16.9 Å². The van der Waals surface area contributed by atoms with Crippen LogP contribution in [0.4, 0.5) is 0 Å². The summed E-state index contributed by atoms with van der Waals surface area (Å²) in [6.07, 6.45) is 0. The van der Waals surface area contributed by atoms with Crippen molar-refractivity contribution in [3.8, 4) is 6.07 Å². The normalized spacial score (nSPS) is 10.4. The number of nitrogens with zero attached hydrogens (tertiary/aromatic N) is 3. The van der Waals surface area contributed by atoms with Crippen LogP contribution in [-0.2, 0) is 6.54 Å². The first kappa shape index (κ1) is 14.8. The molecule has 0 saturated heterocycles. The number of rotatable bonds is 4. The molecule has 0 spiro atoms. The van der Waals surface area contributed by atoms with E-state index in [-0.39, 0.29) is 5.91 Å². The third-order valence-electron chi connectivity index (χ3n) is 3.74. The number of amides is 1. The number of nitriles is 1. The van der Waals surface area contributed by atoms with Crippen LogP contribution in [0.5, 0.6) is 0 Å². The van der Waals surface area contributed by atoms with Gasteiger partial charge in [-0.3, -0.25) is 4.79 Å². The highest BCUT2D eigenvalue weighted by atomic mass is 16.1. The lowest BCUT2D eigenvalue weighted by Crippen LogP contribution is -2.27. The molecule has 114 valence electrons. The maximum atomic E-state index is 12.1. The fourth-order valence-electron chi connectivity index (χ4n) is 2.56. The maximum absolute atomic E-state index is 12.1. The standard InChI is InChI=1S/C18H16N4O/c1-13-21-16-4-2-3-5-17(16)22(13)11-10-20-18(23)15-8-6-14(12-19)7-9-15/h2-9H,10-11H2,1H3,(H,20,23). The Morgan fingerprint density at radius 2 is 1.96 bits per heavy atom. The fraction of sp³-hybridized carbons (Fsp3) is 0.167. The molecule has 0 atom stereocenters. The van der Waals surface area contributed by atoms with Crippen molar-refractivity contribution in [1.82, 2.24) is 14.9 Å². The van der Waals surface area contributed by atoms with E-state index in [0.717, 1.165) is 16.9 Å². The van der Waals surface area contributed by atoms with Crippen molar-refractivity contribution in [3.63, 3.8) is 0 Å². The molecule has 3 aromatic rings. The summed E-state index contributed by atoms with van der Waals surface area (Å²) in [5.74, 6) is 0.787. The number of carbonyl (C=O) groups excluding carboxylic acids is 1. The molecule has 0 saturated carbocycles. The molecule has 5 heteroatoms. The van der Waals surface area contributed by atoms with Gasteiger partial charge in [0, 0.05) is 18.7 Å². The van der Waals surface area contributed by atoms with Gasteiger partial charge in [-0.2, -0.15) is 5.26 Å². The molecule has 1 amide bonds. The molecule has 0 aliphatic carbocycles. The Labute approximate surface area is 134 Å². The van der Waals surface area contributed by atoms with Crippen molar-refractivity contribution < 1.29 is 4.79 Å². The first-order valence-electron chi connectivity index (χ1n) is 7.39. The number of benzene rings is 2. The van der Waals surface area contributed by atoms with Gasteiger partial charge in [-0.25, -0.2) is 4.98 Å². The van der Waals surface area contributed by atoms with Crippen LogP contribution in [0.25, 0.3) is 11.0 Å². The summed E-state index contributed by atoms with van der Waals surface area (Å²) in [6.45, 7) is 3.14. The van der Waals surface area contributed by atoms with Crippen LogP contribution in [0.15, 0.2) is 48.5 Å². The number of hydrogen-bond acceptors (Lipinski definition) is 3. The molecule has 0 fully saturated rings. The summed E-state index contributed by atoms with van der Waals surface area (Å²) in [4.78, 5) is 16.6. The first-order chi connectivity index (χ1) is 11.2. The summed E-state index contributed by atoms with van der Waals surface area (Å²) in [5, 5.41) is 11.7. The van der Waals surface area contributed by atoms with Crippen LogP contribution in [0.3, 0.4) is 0 Å². The van der Waals surface area contributed by atoms with E-state index in [0.29, 0.717) is 24.2 Å². The van der Waals surface area contributed by atoms with Crippen LogP contribution in [-0.4, -0.2) is 22.0 Å². The summed E-state index contributed by atoms with van der Waals surface area (Å²) in [6, 6.07) is 16.6. The number of imidazole rings is 1. The number of aromatic nitrogens is 2. The molecule has 0 radical (unpaired) electrons. The molecule has 1 aromatic heterocycles. The van der Waals surface area contributed by atoms with E-state index < -0.39 is 0 Å². The average molecular weight is 304 g/mol. The van der Waals surface area contributed by atoms with Gasteiger partial charge in [-0.1, -0.05) is 12.1 Å². The predicted octanol–water partition coefficient (Wildman–Crippen LogP) is 2.65. The Kier molecular flexibility index (Phi) is 4.07. The van der Waals surface area contributed by atoms with E-state index in [1.54, 1.807) is 24.3 Å². The third kappa shape index (κ3) is 3.06. The summed E-state index contributed by atoms with van der Waals surface area (Å²) >= 11 is 0. The monoisotopic (exact) mass is 304 g/mol. The van der Waals surface area contributed by atoms with Crippen LogP contribution in [0.2, 0.25) is 0 Å². The number of hydrogen-bond donors (Lipinski definition) is 1. The van der Waals surface area contributed by atoms with Gasteiger partial charge in [0.2, 0.25) is 0 Å². The summed E-state index contributed by atoms with van der Waals surface area (Å²) in [5.41, 5.74) is 3.12. The molecule has 0 aliphatic rings.